The van der Waals surface area contributed by atoms with Crippen molar-refractivity contribution < 1.29 is 19.1 Å². The molecule has 142 valence electrons. The molecule has 0 aliphatic carbocycles. The van der Waals surface area contributed by atoms with Crippen LogP contribution in [0.4, 0.5) is 0 Å². The summed E-state index contributed by atoms with van der Waals surface area (Å²) in [6.45, 7) is 7.50. The van der Waals surface area contributed by atoms with Crippen LogP contribution in [0, 0.1) is 0 Å². The van der Waals surface area contributed by atoms with E-state index < -0.39 is 6.41 Å². The lowest BCUT2D eigenvalue weighted by Gasteiger charge is -2.36. The van der Waals surface area contributed by atoms with Gasteiger partial charge in [-0.3, -0.25) is 9.88 Å². The van der Waals surface area contributed by atoms with Crippen LogP contribution in [0.15, 0.2) is 29.0 Å². The van der Waals surface area contributed by atoms with E-state index in [9.17, 15) is 5.11 Å². The van der Waals surface area contributed by atoms with Crippen LogP contribution in [0.3, 0.4) is 0 Å². The normalized spacial score (nSPS) is 18.2. The Bertz CT molecular complexity index is 678. The number of ether oxygens (including phenoxy) is 2. The molecular weight excluding hydrogens is 336 g/mol. The molecule has 0 amide bonds. The molecular formula is C18H26N4O4. The van der Waals surface area contributed by atoms with Gasteiger partial charge < -0.3 is 19.1 Å². The van der Waals surface area contributed by atoms with Crippen LogP contribution in [-0.2, 0) is 16.1 Å². The summed E-state index contributed by atoms with van der Waals surface area (Å²) >= 11 is 0. The molecule has 3 heterocycles. The smallest absolute Gasteiger partial charge is 0.252 e. The van der Waals surface area contributed by atoms with Gasteiger partial charge in [0.25, 0.3) is 5.89 Å². The van der Waals surface area contributed by atoms with Gasteiger partial charge >= 0.3 is 0 Å². The van der Waals surface area contributed by atoms with Gasteiger partial charge in [0.1, 0.15) is 6.61 Å². The van der Waals surface area contributed by atoms with E-state index in [-0.39, 0.29) is 18.3 Å². The van der Waals surface area contributed by atoms with Crippen molar-refractivity contribution >= 4 is 0 Å². The molecule has 1 atom stereocenters. The monoisotopic (exact) mass is 362 g/mol. The Morgan fingerprint density at radius 3 is 2.62 bits per heavy atom. The standard InChI is InChI=1S/C18H26N4O4/c1-18(2,3)25-17(23)22-10-6-14(7-11-22)24-12-15-20-16(21-26-15)13-4-8-19-9-5-13/h4-5,8-9,14,17,23H,6-7,10-12H2,1-3H3. The lowest BCUT2D eigenvalue weighted by Crippen LogP contribution is -2.47. The number of aliphatic hydroxyl groups excluding tert-OH is 1. The molecule has 0 aromatic carbocycles. The van der Waals surface area contributed by atoms with E-state index in [0.717, 1.165) is 18.4 Å². The minimum atomic E-state index is -0.880. The number of pyridine rings is 1. The summed E-state index contributed by atoms with van der Waals surface area (Å²) < 4.78 is 16.7. The summed E-state index contributed by atoms with van der Waals surface area (Å²) in [5, 5.41) is 14.1. The van der Waals surface area contributed by atoms with Crippen molar-refractivity contribution in [1.82, 2.24) is 20.0 Å². The highest BCUT2D eigenvalue weighted by molar-refractivity contribution is 5.52. The maximum Gasteiger partial charge on any atom is 0.252 e. The molecule has 1 unspecified atom stereocenters. The number of aromatic nitrogens is 3. The summed E-state index contributed by atoms with van der Waals surface area (Å²) in [7, 11) is 0. The fraction of sp³-hybridized carbons (Fsp3) is 0.611. The predicted octanol–water partition coefficient (Wildman–Crippen LogP) is 2.20. The van der Waals surface area contributed by atoms with Crippen molar-refractivity contribution in [2.75, 3.05) is 13.1 Å². The fourth-order valence-electron chi connectivity index (χ4n) is 2.77. The van der Waals surface area contributed by atoms with E-state index in [0.29, 0.717) is 24.8 Å². The van der Waals surface area contributed by atoms with Crippen LogP contribution in [0.2, 0.25) is 0 Å². The summed E-state index contributed by atoms with van der Waals surface area (Å²) in [4.78, 5) is 10.2. The van der Waals surface area contributed by atoms with Gasteiger partial charge in [-0.05, 0) is 45.7 Å². The van der Waals surface area contributed by atoms with Crippen LogP contribution in [0.1, 0.15) is 39.5 Å². The van der Waals surface area contributed by atoms with Crippen molar-refractivity contribution in [3.05, 3.63) is 30.4 Å². The Morgan fingerprint density at radius 1 is 1.27 bits per heavy atom. The summed E-state index contributed by atoms with van der Waals surface area (Å²) in [6.07, 6.45) is 4.23. The van der Waals surface area contributed by atoms with Gasteiger partial charge in [0.2, 0.25) is 12.2 Å². The first-order valence-corrected chi connectivity index (χ1v) is 8.85. The average Bonchev–Trinajstić information content (AvgIpc) is 3.09. The molecule has 0 saturated carbocycles. The van der Waals surface area contributed by atoms with Gasteiger partial charge in [0.05, 0.1) is 11.7 Å². The van der Waals surface area contributed by atoms with Crippen LogP contribution < -0.4 is 0 Å². The highest BCUT2D eigenvalue weighted by Gasteiger charge is 2.27. The SMILES string of the molecule is CC(C)(C)OC(O)N1CCC(OCc2nc(-c3ccncc3)no2)CC1. The van der Waals surface area contributed by atoms with Gasteiger partial charge in [-0.1, -0.05) is 5.16 Å². The molecule has 0 radical (unpaired) electrons. The molecule has 0 spiro atoms. The fourth-order valence-corrected chi connectivity index (χ4v) is 2.77. The van der Waals surface area contributed by atoms with Crippen molar-refractivity contribution in [2.45, 2.75) is 58.3 Å². The second kappa shape index (κ2) is 8.22. The molecule has 1 aliphatic heterocycles. The van der Waals surface area contributed by atoms with Crippen molar-refractivity contribution in [1.29, 1.82) is 0 Å². The van der Waals surface area contributed by atoms with E-state index in [2.05, 4.69) is 15.1 Å². The zero-order valence-corrected chi connectivity index (χ0v) is 15.5. The van der Waals surface area contributed by atoms with Gasteiger partial charge in [0, 0.05) is 31.0 Å². The largest absolute Gasteiger partial charge is 0.368 e. The highest BCUT2D eigenvalue weighted by atomic mass is 16.6. The Morgan fingerprint density at radius 2 is 1.96 bits per heavy atom. The minimum absolute atomic E-state index is 0.101. The first-order chi connectivity index (χ1) is 12.4. The quantitative estimate of drug-likeness (QED) is 0.782. The summed E-state index contributed by atoms with van der Waals surface area (Å²) in [5.74, 6) is 0.985. The van der Waals surface area contributed by atoms with E-state index in [1.54, 1.807) is 12.4 Å². The van der Waals surface area contributed by atoms with E-state index >= 15 is 0 Å². The Hall–Kier alpha value is -1.87. The molecule has 8 heteroatoms. The molecule has 1 aliphatic rings. The molecule has 1 N–H and O–H groups in total. The number of hydrogen-bond donors (Lipinski definition) is 1. The Labute approximate surface area is 153 Å². The Balaban J connectivity index is 1.44. The summed E-state index contributed by atoms with van der Waals surface area (Å²) in [5.41, 5.74) is 0.480. The van der Waals surface area contributed by atoms with E-state index in [1.165, 1.54) is 0 Å². The van der Waals surface area contributed by atoms with Crippen LogP contribution in [0.25, 0.3) is 11.4 Å². The number of hydrogen-bond acceptors (Lipinski definition) is 8. The third kappa shape index (κ3) is 5.31. The third-order valence-corrected chi connectivity index (χ3v) is 4.10. The lowest BCUT2D eigenvalue weighted by atomic mass is 10.1. The van der Waals surface area contributed by atoms with E-state index in [4.69, 9.17) is 14.0 Å². The van der Waals surface area contributed by atoms with Gasteiger partial charge in [-0.25, -0.2) is 0 Å². The number of rotatable bonds is 6. The molecule has 2 aromatic rings. The first-order valence-electron chi connectivity index (χ1n) is 8.85. The predicted molar refractivity (Wildman–Crippen MR) is 93.8 cm³/mol. The average molecular weight is 362 g/mol. The van der Waals surface area contributed by atoms with Gasteiger partial charge in [-0.2, -0.15) is 4.98 Å². The number of piperidine rings is 1. The van der Waals surface area contributed by atoms with Gasteiger partial charge in [0.15, 0.2) is 0 Å². The second-order valence-corrected chi connectivity index (χ2v) is 7.35. The molecule has 3 rings (SSSR count). The van der Waals surface area contributed by atoms with Crippen LogP contribution in [-0.4, -0.2) is 56.3 Å². The lowest BCUT2D eigenvalue weighted by molar-refractivity contribution is -0.245. The maximum atomic E-state index is 10.1. The molecule has 1 saturated heterocycles. The zero-order chi connectivity index (χ0) is 18.6. The minimum Gasteiger partial charge on any atom is -0.368 e. The molecule has 0 bridgehead atoms. The van der Waals surface area contributed by atoms with Crippen molar-refractivity contribution in [2.24, 2.45) is 0 Å². The molecule has 8 nitrogen and oxygen atoms in total. The second-order valence-electron chi connectivity index (χ2n) is 7.35. The maximum absolute atomic E-state index is 10.1. The third-order valence-electron chi connectivity index (χ3n) is 4.10. The molecule has 1 fully saturated rings. The topological polar surface area (TPSA) is 93.7 Å². The Kier molecular flexibility index (Phi) is 5.98. The van der Waals surface area contributed by atoms with Crippen LogP contribution in [0.5, 0.6) is 0 Å². The van der Waals surface area contributed by atoms with Crippen molar-refractivity contribution in [3.63, 3.8) is 0 Å². The highest BCUT2D eigenvalue weighted by Crippen LogP contribution is 2.20. The zero-order valence-electron chi connectivity index (χ0n) is 15.5. The molecule has 26 heavy (non-hydrogen) atoms. The van der Waals surface area contributed by atoms with E-state index in [1.807, 2.05) is 37.8 Å². The first kappa shape index (κ1) is 18.9. The number of aliphatic hydroxyl groups is 1. The van der Waals surface area contributed by atoms with Gasteiger partial charge in [-0.15, -0.1) is 0 Å². The summed E-state index contributed by atoms with van der Waals surface area (Å²) in [6, 6.07) is 3.66. The van der Waals surface area contributed by atoms with Crippen LogP contribution >= 0.6 is 0 Å². The molecule has 2 aromatic heterocycles. The number of nitrogens with zero attached hydrogens (tertiary/aromatic N) is 4. The number of likely N-dealkylation sites (tertiary alicyclic amines) is 1. The van der Waals surface area contributed by atoms with Crippen molar-refractivity contribution in [3.8, 4) is 11.4 Å².